The molecule has 4 heteroatoms. The maximum Gasteiger partial charge on any atom is 0.170 e. The molecule has 2 nitrogen and oxygen atoms in total. The average Bonchev–Trinajstić information content (AvgIpc) is 2.46. The minimum Gasteiger partial charge on any atom is -0.494 e. The van der Waals surface area contributed by atoms with E-state index in [0.717, 1.165) is 11.1 Å². The molecule has 106 valence electrons. The molecule has 2 rings (SSSR count). The Bertz CT molecular complexity index is 615. The summed E-state index contributed by atoms with van der Waals surface area (Å²) in [6.07, 6.45) is 0. The zero-order valence-corrected chi connectivity index (χ0v) is 12.5. The quantitative estimate of drug-likeness (QED) is 0.916. The molecule has 1 N–H and O–H groups in total. The Morgan fingerprint density at radius 3 is 2.45 bits per heavy atom. The number of methoxy groups -OCH3 is 1. The fraction of sp³-hybridized carbons (Fsp3) is 0.250. The van der Waals surface area contributed by atoms with E-state index in [1.807, 2.05) is 25.1 Å². The minimum absolute atomic E-state index is 0.228. The standard InChI is InChI=1S/C16H17ClFNO/c1-10-6-4-7-11(14(10)17)16(19-2)12-8-5-9-13(20-3)15(12)18/h4-9,16,19H,1-3H3. The van der Waals surface area contributed by atoms with Crippen LogP contribution in [0.4, 0.5) is 4.39 Å². The van der Waals surface area contributed by atoms with E-state index in [-0.39, 0.29) is 17.6 Å². The van der Waals surface area contributed by atoms with Gasteiger partial charge in [0.2, 0.25) is 0 Å². The summed E-state index contributed by atoms with van der Waals surface area (Å²) in [5, 5.41) is 3.76. The molecule has 1 unspecified atom stereocenters. The maximum atomic E-state index is 14.4. The van der Waals surface area contributed by atoms with Gasteiger partial charge in [0.25, 0.3) is 0 Å². The summed E-state index contributed by atoms with van der Waals surface area (Å²) >= 11 is 6.35. The molecule has 20 heavy (non-hydrogen) atoms. The van der Waals surface area contributed by atoms with E-state index in [2.05, 4.69) is 5.32 Å². The molecule has 2 aromatic rings. The van der Waals surface area contributed by atoms with E-state index in [0.29, 0.717) is 10.6 Å². The van der Waals surface area contributed by atoms with Crippen LogP contribution in [0.2, 0.25) is 5.02 Å². The van der Waals surface area contributed by atoms with Gasteiger partial charge in [-0.3, -0.25) is 0 Å². The van der Waals surface area contributed by atoms with Crippen molar-refractivity contribution in [2.45, 2.75) is 13.0 Å². The van der Waals surface area contributed by atoms with Crippen LogP contribution in [0, 0.1) is 12.7 Å². The Morgan fingerprint density at radius 1 is 1.15 bits per heavy atom. The molecule has 0 aliphatic heterocycles. The lowest BCUT2D eigenvalue weighted by atomic mass is 9.96. The number of hydrogen-bond acceptors (Lipinski definition) is 2. The zero-order chi connectivity index (χ0) is 14.7. The fourth-order valence-electron chi connectivity index (χ4n) is 2.28. The maximum absolute atomic E-state index is 14.4. The first-order chi connectivity index (χ1) is 9.60. The summed E-state index contributed by atoms with van der Waals surface area (Å²) in [7, 11) is 3.23. The van der Waals surface area contributed by atoms with Crippen molar-refractivity contribution in [1.29, 1.82) is 0 Å². The largest absolute Gasteiger partial charge is 0.494 e. The van der Waals surface area contributed by atoms with Crippen LogP contribution in [0.1, 0.15) is 22.7 Å². The van der Waals surface area contributed by atoms with Gasteiger partial charge in [0.15, 0.2) is 11.6 Å². The van der Waals surface area contributed by atoms with Crippen molar-refractivity contribution in [3.05, 3.63) is 63.9 Å². The summed E-state index contributed by atoms with van der Waals surface area (Å²) in [6.45, 7) is 1.93. The van der Waals surface area contributed by atoms with Gasteiger partial charge in [0, 0.05) is 10.6 Å². The monoisotopic (exact) mass is 293 g/mol. The second-order valence-electron chi connectivity index (χ2n) is 4.56. The smallest absolute Gasteiger partial charge is 0.170 e. The van der Waals surface area contributed by atoms with Gasteiger partial charge < -0.3 is 10.1 Å². The van der Waals surface area contributed by atoms with Gasteiger partial charge >= 0.3 is 0 Å². The van der Waals surface area contributed by atoms with Crippen molar-refractivity contribution in [3.63, 3.8) is 0 Å². The van der Waals surface area contributed by atoms with Gasteiger partial charge in [-0.15, -0.1) is 0 Å². The Morgan fingerprint density at radius 2 is 1.80 bits per heavy atom. The molecule has 0 radical (unpaired) electrons. The first-order valence-electron chi connectivity index (χ1n) is 6.34. The zero-order valence-electron chi connectivity index (χ0n) is 11.7. The number of halogens is 2. The Kier molecular flexibility index (Phi) is 4.63. The van der Waals surface area contributed by atoms with E-state index in [1.165, 1.54) is 7.11 Å². The third-order valence-corrected chi connectivity index (χ3v) is 3.86. The first kappa shape index (κ1) is 14.8. The molecule has 0 spiro atoms. The van der Waals surface area contributed by atoms with Crippen LogP contribution >= 0.6 is 11.6 Å². The van der Waals surface area contributed by atoms with Crippen molar-refractivity contribution in [3.8, 4) is 5.75 Å². The van der Waals surface area contributed by atoms with Crippen molar-refractivity contribution in [2.24, 2.45) is 0 Å². The lowest BCUT2D eigenvalue weighted by Crippen LogP contribution is -2.19. The second-order valence-corrected chi connectivity index (χ2v) is 4.94. The summed E-state index contributed by atoms with van der Waals surface area (Å²) in [4.78, 5) is 0. The summed E-state index contributed by atoms with van der Waals surface area (Å²) < 4.78 is 19.5. The summed E-state index contributed by atoms with van der Waals surface area (Å²) in [5.74, 6) is -0.140. The fourth-order valence-corrected chi connectivity index (χ4v) is 2.52. The third kappa shape index (κ3) is 2.65. The normalized spacial score (nSPS) is 12.2. The summed E-state index contributed by atoms with van der Waals surface area (Å²) in [5.41, 5.74) is 2.33. The Labute approximate surface area is 123 Å². The van der Waals surface area contributed by atoms with Gasteiger partial charge in [-0.2, -0.15) is 0 Å². The van der Waals surface area contributed by atoms with Gasteiger partial charge in [-0.25, -0.2) is 4.39 Å². The van der Waals surface area contributed by atoms with E-state index in [1.54, 1.807) is 25.2 Å². The van der Waals surface area contributed by atoms with Crippen LogP contribution < -0.4 is 10.1 Å². The molecule has 0 fully saturated rings. The minimum atomic E-state index is -0.369. The van der Waals surface area contributed by atoms with Crippen LogP contribution in [-0.4, -0.2) is 14.2 Å². The molecule has 0 bridgehead atoms. The molecule has 0 amide bonds. The van der Waals surface area contributed by atoms with Gasteiger partial charge in [-0.1, -0.05) is 41.9 Å². The topological polar surface area (TPSA) is 21.3 Å². The molecular formula is C16H17ClFNO. The number of aryl methyl sites for hydroxylation is 1. The highest BCUT2D eigenvalue weighted by atomic mass is 35.5. The van der Waals surface area contributed by atoms with Crippen molar-refractivity contribution >= 4 is 11.6 Å². The Balaban J connectivity index is 2.56. The van der Waals surface area contributed by atoms with Crippen LogP contribution in [0.25, 0.3) is 0 Å². The van der Waals surface area contributed by atoms with Crippen molar-refractivity contribution in [1.82, 2.24) is 5.32 Å². The number of hydrogen-bond donors (Lipinski definition) is 1. The predicted octanol–water partition coefficient (Wildman–Crippen LogP) is 4.10. The van der Waals surface area contributed by atoms with Crippen LogP contribution in [0.3, 0.4) is 0 Å². The highest BCUT2D eigenvalue weighted by molar-refractivity contribution is 6.32. The van der Waals surface area contributed by atoms with Crippen molar-refractivity contribution < 1.29 is 9.13 Å². The third-order valence-electron chi connectivity index (χ3n) is 3.35. The molecule has 0 saturated heterocycles. The van der Waals surface area contributed by atoms with Gasteiger partial charge in [0.1, 0.15) is 0 Å². The second kappa shape index (κ2) is 6.25. The number of ether oxygens (including phenoxy) is 1. The van der Waals surface area contributed by atoms with Gasteiger partial charge in [0.05, 0.1) is 13.2 Å². The lowest BCUT2D eigenvalue weighted by molar-refractivity contribution is 0.382. The molecule has 0 heterocycles. The molecular weight excluding hydrogens is 277 g/mol. The van der Waals surface area contributed by atoms with Crippen molar-refractivity contribution in [2.75, 3.05) is 14.2 Å². The lowest BCUT2D eigenvalue weighted by Gasteiger charge is -2.20. The highest BCUT2D eigenvalue weighted by Crippen LogP contribution is 2.33. The molecule has 2 aromatic carbocycles. The predicted molar refractivity (Wildman–Crippen MR) is 80.0 cm³/mol. The Hall–Kier alpha value is -1.58. The van der Waals surface area contributed by atoms with Crippen LogP contribution in [0.15, 0.2) is 36.4 Å². The molecule has 0 aliphatic rings. The molecule has 0 saturated carbocycles. The van der Waals surface area contributed by atoms with Crippen LogP contribution in [0.5, 0.6) is 5.75 Å². The van der Waals surface area contributed by atoms with E-state index in [9.17, 15) is 4.39 Å². The highest BCUT2D eigenvalue weighted by Gasteiger charge is 2.21. The summed E-state index contributed by atoms with van der Waals surface area (Å²) in [6, 6.07) is 10.5. The first-order valence-corrected chi connectivity index (χ1v) is 6.72. The SMILES string of the molecule is CNC(c1cccc(OC)c1F)c1cccc(C)c1Cl. The van der Waals surface area contributed by atoms with Crippen LogP contribution in [-0.2, 0) is 0 Å². The van der Waals surface area contributed by atoms with E-state index >= 15 is 0 Å². The molecule has 1 atom stereocenters. The molecule has 0 aliphatic carbocycles. The van der Waals surface area contributed by atoms with Gasteiger partial charge in [-0.05, 0) is 31.2 Å². The number of nitrogens with one attached hydrogen (secondary N) is 1. The van der Waals surface area contributed by atoms with E-state index < -0.39 is 0 Å². The van der Waals surface area contributed by atoms with E-state index in [4.69, 9.17) is 16.3 Å². The molecule has 0 aromatic heterocycles. The number of rotatable bonds is 4. The average molecular weight is 294 g/mol. The number of benzene rings is 2.